The lowest BCUT2D eigenvalue weighted by Gasteiger charge is -2.21. The van der Waals surface area contributed by atoms with E-state index in [1.54, 1.807) is 12.1 Å². The largest absolute Gasteiger partial charge is 0.389 e. The molecule has 0 aromatic heterocycles. The molecular formula is C15H15FN2S. The number of benzene rings is 2. The van der Waals surface area contributed by atoms with Crippen LogP contribution in [-0.4, -0.2) is 12.0 Å². The molecule has 2 nitrogen and oxygen atoms in total. The lowest BCUT2D eigenvalue weighted by molar-refractivity contribution is 0.627. The van der Waals surface area contributed by atoms with Gasteiger partial charge in [0.1, 0.15) is 10.8 Å². The Morgan fingerprint density at radius 2 is 1.79 bits per heavy atom. The van der Waals surface area contributed by atoms with E-state index in [0.29, 0.717) is 11.5 Å². The first-order chi connectivity index (χ1) is 9.08. The summed E-state index contributed by atoms with van der Waals surface area (Å²) < 4.78 is 12.9. The maximum absolute atomic E-state index is 12.9. The van der Waals surface area contributed by atoms with Crippen molar-refractivity contribution in [3.63, 3.8) is 0 Å². The molecule has 0 unspecified atom stereocenters. The molecular weight excluding hydrogens is 259 g/mol. The highest BCUT2D eigenvalue weighted by molar-refractivity contribution is 7.80. The summed E-state index contributed by atoms with van der Waals surface area (Å²) in [5.74, 6) is -0.235. The van der Waals surface area contributed by atoms with Gasteiger partial charge in [0, 0.05) is 24.8 Å². The van der Waals surface area contributed by atoms with Crippen molar-refractivity contribution in [2.24, 2.45) is 5.73 Å². The fraction of sp³-hybridized carbons (Fsp3) is 0.133. The van der Waals surface area contributed by atoms with E-state index in [1.165, 1.54) is 12.1 Å². The van der Waals surface area contributed by atoms with Crippen molar-refractivity contribution in [2.75, 3.05) is 11.9 Å². The van der Waals surface area contributed by atoms with Crippen LogP contribution in [-0.2, 0) is 6.54 Å². The maximum atomic E-state index is 12.9. The number of nitrogens with two attached hydrogens (primary N) is 1. The van der Waals surface area contributed by atoms with Gasteiger partial charge < -0.3 is 10.6 Å². The Morgan fingerprint density at radius 1 is 1.16 bits per heavy atom. The SMILES string of the molecule is CN(Cc1ccccc1C(N)=S)c1ccc(F)cc1. The van der Waals surface area contributed by atoms with Gasteiger partial charge in [-0.25, -0.2) is 4.39 Å². The molecule has 0 fully saturated rings. The summed E-state index contributed by atoms with van der Waals surface area (Å²) in [5.41, 5.74) is 8.59. The average Bonchev–Trinajstić information content (AvgIpc) is 2.39. The van der Waals surface area contributed by atoms with E-state index < -0.39 is 0 Å². The van der Waals surface area contributed by atoms with Gasteiger partial charge in [-0.15, -0.1) is 0 Å². The van der Waals surface area contributed by atoms with Crippen LogP contribution in [0.5, 0.6) is 0 Å². The Morgan fingerprint density at radius 3 is 2.42 bits per heavy atom. The Labute approximate surface area is 117 Å². The molecule has 0 amide bonds. The highest BCUT2D eigenvalue weighted by Gasteiger charge is 2.08. The van der Waals surface area contributed by atoms with Crippen LogP contribution in [0.15, 0.2) is 48.5 Å². The van der Waals surface area contributed by atoms with Gasteiger partial charge in [0.15, 0.2) is 0 Å². The molecule has 0 saturated heterocycles. The molecule has 2 aromatic rings. The Hall–Kier alpha value is -1.94. The minimum absolute atomic E-state index is 0.235. The fourth-order valence-corrected chi connectivity index (χ4v) is 2.14. The molecule has 0 heterocycles. The van der Waals surface area contributed by atoms with E-state index in [4.69, 9.17) is 18.0 Å². The van der Waals surface area contributed by atoms with Crippen molar-refractivity contribution in [2.45, 2.75) is 6.54 Å². The van der Waals surface area contributed by atoms with Gasteiger partial charge in [-0.1, -0.05) is 36.5 Å². The minimum Gasteiger partial charge on any atom is -0.389 e. The van der Waals surface area contributed by atoms with Crippen LogP contribution >= 0.6 is 12.2 Å². The zero-order chi connectivity index (χ0) is 13.8. The smallest absolute Gasteiger partial charge is 0.123 e. The summed E-state index contributed by atoms with van der Waals surface area (Å²) in [5, 5.41) is 0. The van der Waals surface area contributed by atoms with Gasteiger partial charge in [0.2, 0.25) is 0 Å². The van der Waals surface area contributed by atoms with Gasteiger partial charge >= 0.3 is 0 Å². The van der Waals surface area contributed by atoms with Crippen molar-refractivity contribution >= 4 is 22.9 Å². The molecule has 0 spiro atoms. The molecule has 0 aliphatic rings. The first-order valence-electron chi connectivity index (χ1n) is 5.92. The second-order valence-electron chi connectivity index (χ2n) is 4.35. The number of rotatable bonds is 4. The van der Waals surface area contributed by atoms with Crippen LogP contribution in [0.4, 0.5) is 10.1 Å². The summed E-state index contributed by atoms with van der Waals surface area (Å²) in [7, 11) is 1.95. The Kier molecular flexibility index (Phi) is 4.12. The molecule has 2 rings (SSSR count). The normalized spacial score (nSPS) is 10.2. The molecule has 0 atom stereocenters. The summed E-state index contributed by atoms with van der Waals surface area (Å²) in [4.78, 5) is 2.42. The number of thiocarbonyl (C=S) groups is 1. The molecule has 98 valence electrons. The van der Waals surface area contributed by atoms with E-state index in [9.17, 15) is 4.39 Å². The van der Waals surface area contributed by atoms with Crippen LogP contribution in [0.1, 0.15) is 11.1 Å². The Balaban J connectivity index is 2.21. The highest BCUT2D eigenvalue weighted by Crippen LogP contribution is 2.18. The summed E-state index contributed by atoms with van der Waals surface area (Å²) in [6, 6.07) is 14.2. The monoisotopic (exact) mass is 274 g/mol. The Bertz CT molecular complexity index is 581. The highest BCUT2D eigenvalue weighted by atomic mass is 32.1. The van der Waals surface area contributed by atoms with Crippen molar-refractivity contribution in [3.8, 4) is 0 Å². The third-order valence-electron chi connectivity index (χ3n) is 2.96. The maximum Gasteiger partial charge on any atom is 0.123 e. The number of nitrogens with zero attached hydrogens (tertiary/aromatic N) is 1. The molecule has 19 heavy (non-hydrogen) atoms. The van der Waals surface area contributed by atoms with Gasteiger partial charge in [0.25, 0.3) is 0 Å². The predicted octanol–water partition coefficient (Wildman–Crippen LogP) is 3.10. The van der Waals surface area contributed by atoms with Crippen molar-refractivity contribution in [1.82, 2.24) is 0 Å². The molecule has 0 aliphatic heterocycles. The topological polar surface area (TPSA) is 29.3 Å². The van der Waals surface area contributed by atoms with E-state index in [0.717, 1.165) is 16.8 Å². The fourth-order valence-electron chi connectivity index (χ4n) is 1.94. The second-order valence-corrected chi connectivity index (χ2v) is 4.79. The molecule has 2 aromatic carbocycles. The van der Waals surface area contributed by atoms with Crippen molar-refractivity contribution in [3.05, 3.63) is 65.5 Å². The molecule has 0 aliphatic carbocycles. The number of anilines is 1. The number of halogens is 1. The molecule has 0 radical (unpaired) electrons. The standard InChI is InChI=1S/C15H15FN2S/c1-18(13-8-6-12(16)7-9-13)10-11-4-2-3-5-14(11)15(17)19/h2-9H,10H2,1H3,(H2,17,19). The predicted molar refractivity (Wildman–Crippen MR) is 80.8 cm³/mol. The van der Waals surface area contributed by atoms with Crippen LogP contribution in [0.2, 0.25) is 0 Å². The average molecular weight is 274 g/mol. The van der Waals surface area contributed by atoms with Crippen LogP contribution in [0, 0.1) is 5.82 Å². The zero-order valence-corrected chi connectivity index (χ0v) is 11.5. The van der Waals surface area contributed by atoms with Gasteiger partial charge in [0.05, 0.1) is 0 Å². The summed E-state index contributed by atoms with van der Waals surface area (Å²) in [6.45, 7) is 0.666. The number of hydrogen-bond acceptors (Lipinski definition) is 2. The first-order valence-corrected chi connectivity index (χ1v) is 6.33. The van der Waals surface area contributed by atoms with Crippen LogP contribution < -0.4 is 10.6 Å². The first kappa shape index (κ1) is 13.5. The molecule has 2 N–H and O–H groups in total. The van der Waals surface area contributed by atoms with E-state index in [1.807, 2.05) is 36.2 Å². The van der Waals surface area contributed by atoms with Gasteiger partial charge in [-0.3, -0.25) is 0 Å². The zero-order valence-electron chi connectivity index (χ0n) is 10.6. The summed E-state index contributed by atoms with van der Waals surface area (Å²) in [6.07, 6.45) is 0. The molecule has 0 saturated carbocycles. The third-order valence-corrected chi connectivity index (χ3v) is 3.18. The minimum atomic E-state index is -0.235. The quantitative estimate of drug-likeness (QED) is 0.869. The molecule has 4 heteroatoms. The lowest BCUT2D eigenvalue weighted by Crippen LogP contribution is -2.20. The third kappa shape index (κ3) is 3.29. The van der Waals surface area contributed by atoms with E-state index in [2.05, 4.69) is 0 Å². The van der Waals surface area contributed by atoms with Crippen molar-refractivity contribution in [1.29, 1.82) is 0 Å². The van der Waals surface area contributed by atoms with Gasteiger partial charge in [-0.05, 0) is 29.8 Å². The van der Waals surface area contributed by atoms with E-state index >= 15 is 0 Å². The lowest BCUT2D eigenvalue weighted by atomic mass is 10.1. The summed E-state index contributed by atoms with van der Waals surface area (Å²) >= 11 is 5.05. The van der Waals surface area contributed by atoms with Gasteiger partial charge in [-0.2, -0.15) is 0 Å². The van der Waals surface area contributed by atoms with E-state index in [-0.39, 0.29) is 5.82 Å². The van der Waals surface area contributed by atoms with Crippen molar-refractivity contribution < 1.29 is 4.39 Å². The molecule has 0 bridgehead atoms. The van der Waals surface area contributed by atoms with Crippen LogP contribution in [0.3, 0.4) is 0 Å². The van der Waals surface area contributed by atoms with Crippen LogP contribution in [0.25, 0.3) is 0 Å². The second kappa shape index (κ2) is 5.80. The number of hydrogen-bond donors (Lipinski definition) is 1.